The summed E-state index contributed by atoms with van der Waals surface area (Å²) in [5, 5.41) is 8.89. The van der Waals surface area contributed by atoms with Gasteiger partial charge >= 0.3 is 0 Å². The van der Waals surface area contributed by atoms with Crippen LogP contribution in [0.5, 0.6) is 17.4 Å². The monoisotopic (exact) mass is 594 g/mol. The SMILES string of the molecule is Cc1cccc(C)c1Oc1nc(-c2cc(F)cc(OCC(C)CO)c2)ccc1C(=O)NS(=O)(=O)c1cccc(CN)n1. The van der Waals surface area contributed by atoms with Crippen LogP contribution in [0.2, 0.25) is 0 Å². The average Bonchev–Trinajstić information content (AvgIpc) is 2.97. The average molecular weight is 595 g/mol. The van der Waals surface area contributed by atoms with Crippen molar-refractivity contribution < 1.29 is 32.2 Å². The standard InChI is InChI=1S/C30H31FN4O6S/c1-18(16-36)17-40-24-13-21(12-22(31)14-24)26-11-10-25(30(34-26)41-28-19(2)6-4-7-20(28)3)29(37)35-42(38,39)27-9-5-8-23(15-32)33-27/h4-14,18,36H,15-17,32H2,1-3H3,(H,35,37). The second-order valence-corrected chi connectivity index (χ2v) is 11.4. The lowest BCUT2D eigenvalue weighted by atomic mass is 10.1. The van der Waals surface area contributed by atoms with Crippen LogP contribution in [0.3, 0.4) is 0 Å². The lowest BCUT2D eigenvalue weighted by Crippen LogP contribution is -2.31. The number of hydrogen-bond acceptors (Lipinski definition) is 9. The highest BCUT2D eigenvalue weighted by atomic mass is 32.2. The van der Waals surface area contributed by atoms with Crippen molar-refractivity contribution in [2.45, 2.75) is 32.3 Å². The highest BCUT2D eigenvalue weighted by Crippen LogP contribution is 2.33. The van der Waals surface area contributed by atoms with Crippen LogP contribution in [0.15, 0.2) is 71.8 Å². The van der Waals surface area contributed by atoms with E-state index in [-0.39, 0.29) is 53.6 Å². The minimum atomic E-state index is -4.37. The number of nitrogens with zero attached hydrogens (tertiary/aromatic N) is 2. The number of amides is 1. The third-order valence-corrected chi connectivity index (χ3v) is 7.45. The molecule has 0 aliphatic carbocycles. The van der Waals surface area contributed by atoms with Crippen molar-refractivity contribution in [3.63, 3.8) is 0 Å². The highest BCUT2D eigenvalue weighted by molar-refractivity contribution is 7.90. The highest BCUT2D eigenvalue weighted by Gasteiger charge is 2.25. The van der Waals surface area contributed by atoms with E-state index < -0.39 is 21.7 Å². The molecule has 1 amide bonds. The Labute approximate surface area is 243 Å². The molecule has 1 unspecified atom stereocenters. The Morgan fingerprint density at radius 3 is 2.45 bits per heavy atom. The Kier molecular flexibility index (Phi) is 9.51. The molecule has 0 radical (unpaired) electrons. The van der Waals surface area contributed by atoms with Crippen LogP contribution >= 0.6 is 0 Å². The first kappa shape index (κ1) is 30.6. The second-order valence-electron chi connectivity index (χ2n) is 9.75. The van der Waals surface area contributed by atoms with Gasteiger partial charge in [-0.3, -0.25) is 4.79 Å². The van der Waals surface area contributed by atoms with E-state index in [0.717, 1.165) is 11.1 Å². The van der Waals surface area contributed by atoms with Crippen LogP contribution in [0.1, 0.15) is 34.1 Å². The number of hydrogen-bond donors (Lipinski definition) is 3. The summed E-state index contributed by atoms with van der Waals surface area (Å²) < 4.78 is 54.3. The molecular formula is C30H31FN4O6S. The largest absolute Gasteiger partial charge is 0.493 e. The molecule has 1 atom stereocenters. The number of ether oxygens (including phenoxy) is 2. The predicted molar refractivity (Wildman–Crippen MR) is 154 cm³/mol. The van der Waals surface area contributed by atoms with Crippen LogP contribution in [0.4, 0.5) is 4.39 Å². The molecule has 42 heavy (non-hydrogen) atoms. The van der Waals surface area contributed by atoms with Crippen LogP contribution < -0.4 is 19.9 Å². The molecule has 4 N–H and O–H groups in total. The van der Waals surface area contributed by atoms with Crippen LogP contribution in [-0.2, 0) is 16.6 Å². The second kappa shape index (κ2) is 13.1. The molecular weight excluding hydrogens is 563 g/mol. The van der Waals surface area contributed by atoms with Crippen molar-refractivity contribution in [2.75, 3.05) is 13.2 Å². The Morgan fingerprint density at radius 1 is 1.05 bits per heavy atom. The van der Waals surface area contributed by atoms with Gasteiger partial charge in [-0.15, -0.1) is 0 Å². The number of halogens is 1. The molecule has 0 aliphatic heterocycles. The number of para-hydroxylation sites is 1. The molecule has 2 aromatic carbocycles. The molecule has 0 saturated heterocycles. The number of carbonyl (C=O) groups is 1. The van der Waals surface area contributed by atoms with Crippen LogP contribution in [0, 0.1) is 25.6 Å². The lowest BCUT2D eigenvalue weighted by molar-refractivity contribution is 0.0978. The first-order valence-electron chi connectivity index (χ1n) is 13.0. The van der Waals surface area contributed by atoms with E-state index in [2.05, 4.69) is 9.97 Å². The molecule has 0 spiro atoms. The van der Waals surface area contributed by atoms with E-state index in [1.807, 2.05) is 36.8 Å². The zero-order valence-corrected chi connectivity index (χ0v) is 24.1. The molecule has 10 nitrogen and oxygen atoms in total. The van der Waals surface area contributed by atoms with Gasteiger partial charge in [0.1, 0.15) is 22.9 Å². The van der Waals surface area contributed by atoms with Gasteiger partial charge in [0.2, 0.25) is 5.88 Å². The summed E-state index contributed by atoms with van der Waals surface area (Å²) in [5.41, 5.74) is 7.81. The van der Waals surface area contributed by atoms with E-state index >= 15 is 0 Å². The maximum atomic E-state index is 14.5. The Balaban J connectivity index is 1.75. The quantitative estimate of drug-likeness (QED) is 0.231. The number of aromatic nitrogens is 2. The van der Waals surface area contributed by atoms with Gasteiger partial charge in [0.05, 0.1) is 18.0 Å². The number of aryl methyl sites for hydroxylation is 2. The molecule has 0 bridgehead atoms. The molecule has 4 rings (SSSR count). The summed E-state index contributed by atoms with van der Waals surface area (Å²) >= 11 is 0. The predicted octanol–water partition coefficient (Wildman–Crippen LogP) is 4.28. The first-order valence-corrected chi connectivity index (χ1v) is 14.5. The summed E-state index contributed by atoms with van der Waals surface area (Å²) in [6.45, 7) is 5.52. The summed E-state index contributed by atoms with van der Waals surface area (Å²) in [7, 11) is -4.37. The van der Waals surface area contributed by atoms with Gasteiger partial charge < -0.3 is 20.3 Å². The maximum absolute atomic E-state index is 14.5. The van der Waals surface area contributed by atoms with Gasteiger partial charge in [0.15, 0.2) is 5.03 Å². The third-order valence-electron chi connectivity index (χ3n) is 6.22. The summed E-state index contributed by atoms with van der Waals surface area (Å²) in [4.78, 5) is 21.8. The molecule has 2 heterocycles. The molecule has 12 heteroatoms. The summed E-state index contributed by atoms with van der Waals surface area (Å²) in [6, 6.07) is 16.6. The van der Waals surface area contributed by atoms with Gasteiger partial charge in [-0.25, -0.2) is 19.1 Å². The topological polar surface area (TPSA) is 154 Å². The Hall–Kier alpha value is -4.39. The zero-order valence-electron chi connectivity index (χ0n) is 23.3. The first-order chi connectivity index (χ1) is 20.0. The fourth-order valence-corrected chi connectivity index (χ4v) is 4.90. The molecule has 220 valence electrons. The molecule has 2 aromatic heterocycles. The number of nitrogens with two attached hydrogens (primary N) is 1. The van der Waals surface area contributed by atoms with E-state index in [0.29, 0.717) is 17.0 Å². The smallest absolute Gasteiger partial charge is 0.281 e. The number of benzene rings is 2. The van der Waals surface area contributed by atoms with Gasteiger partial charge in [0.25, 0.3) is 15.9 Å². The normalized spacial score (nSPS) is 12.0. The molecule has 4 aromatic rings. The Morgan fingerprint density at radius 2 is 1.76 bits per heavy atom. The maximum Gasteiger partial charge on any atom is 0.281 e. The van der Waals surface area contributed by atoms with Gasteiger partial charge in [-0.1, -0.05) is 31.2 Å². The van der Waals surface area contributed by atoms with Crippen LogP contribution in [0.25, 0.3) is 11.3 Å². The van der Waals surface area contributed by atoms with E-state index in [1.165, 1.54) is 36.4 Å². The van der Waals surface area contributed by atoms with Crippen molar-refractivity contribution in [3.05, 3.63) is 94.9 Å². The van der Waals surface area contributed by atoms with E-state index in [9.17, 15) is 22.7 Å². The van der Waals surface area contributed by atoms with Crippen molar-refractivity contribution in [2.24, 2.45) is 11.7 Å². The number of aliphatic hydroxyl groups excluding tert-OH is 1. The third kappa shape index (κ3) is 7.27. The van der Waals surface area contributed by atoms with Crippen molar-refractivity contribution in [1.29, 1.82) is 0 Å². The molecule has 0 saturated carbocycles. The summed E-state index contributed by atoms with van der Waals surface area (Å²) in [5.74, 6) is -1.28. The number of rotatable bonds is 11. The van der Waals surface area contributed by atoms with Gasteiger partial charge in [0, 0.05) is 30.7 Å². The Bertz CT molecular complexity index is 1690. The zero-order chi connectivity index (χ0) is 30.4. The molecule has 0 aliphatic rings. The lowest BCUT2D eigenvalue weighted by Gasteiger charge is -2.16. The van der Waals surface area contributed by atoms with Crippen molar-refractivity contribution in [3.8, 4) is 28.6 Å². The van der Waals surface area contributed by atoms with Crippen LogP contribution in [-0.4, -0.2) is 42.6 Å². The number of sulfonamides is 1. The minimum Gasteiger partial charge on any atom is -0.493 e. The number of aliphatic hydroxyl groups is 1. The van der Waals surface area contributed by atoms with Gasteiger partial charge in [-0.05, 0) is 61.4 Å². The van der Waals surface area contributed by atoms with Crippen molar-refractivity contribution >= 4 is 15.9 Å². The van der Waals surface area contributed by atoms with Gasteiger partial charge in [-0.2, -0.15) is 8.42 Å². The fourth-order valence-electron chi connectivity index (χ4n) is 3.94. The number of carbonyl (C=O) groups excluding carboxylic acids is 1. The summed E-state index contributed by atoms with van der Waals surface area (Å²) in [6.07, 6.45) is 0. The van der Waals surface area contributed by atoms with E-state index in [1.54, 1.807) is 19.1 Å². The molecule has 0 fully saturated rings. The minimum absolute atomic E-state index is 0.0176. The fraction of sp³-hybridized carbons (Fsp3) is 0.233. The number of pyridine rings is 2. The number of nitrogens with one attached hydrogen (secondary N) is 1. The van der Waals surface area contributed by atoms with E-state index in [4.69, 9.17) is 15.2 Å². The van der Waals surface area contributed by atoms with Crippen molar-refractivity contribution in [1.82, 2.24) is 14.7 Å².